The van der Waals surface area contributed by atoms with Crippen LogP contribution in [-0.2, 0) is 15.3 Å². The fourth-order valence-corrected chi connectivity index (χ4v) is 3.01. The number of thioether (sulfide) groups is 1. The lowest BCUT2D eigenvalue weighted by molar-refractivity contribution is -0.113. The van der Waals surface area contributed by atoms with Gasteiger partial charge < -0.3 is 10.1 Å². The van der Waals surface area contributed by atoms with Crippen molar-refractivity contribution in [1.29, 1.82) is 0 Å². The fourth-order valence-electron chi connectivity index (χ4n) is 2.23. The molecule has 0 fully saturated rings. The highest BCUT2D eigenvalue weighted by molar-refractivity contribution is 7.99. The number of rotatable bonds is 9. The summed E-state index contributed by atoms with van der Waals surface area (Å²) >= 11 is 1.57. The molecule has 0 atom stereocenters. The maximum atomic E-state index is 12.0. The van der Waals surface area contributed by atoms with Crippen LogP contribution >= 0.6 is 11.8 Å². The van der Waals surface area contributed by atoms with Crippen LogP contribution < -0.4 is 5.32 Å². The molecule has 0 spiro atoms. The maximum Gasteiger partial charge on any atom is 0.338 e. The Morgan fingerprint density at radius 1 is 1.04 bits per heavy atom. The number of carbonyl (C=O) groups excluding carboxylic acids is 2. The summed E-state index contributed by atoms with van der Waals surface area (Å²) in [6.45, 7) is 4.54. The highest BCUT2D eigenvalue weighted by Gasteiger charge is 2.08. The second-order valence-corrected chi connectivity index (χ2v) is 7.08. The number of benzene rings is 2. The summed E-state index contributed by atoms with van der Waals surface area (Å²) in [4.78, 5) is 23.9. The molecule has 0 saturated heterocycles. The molecule has 0 heterocycles. The minimum Gasteiger partial charge on any atom is -0.462 e. The molecule has 0 saturated carbocycles. The molecule has 0 aromatic heterocycles. The van der Waals surface area contributed by atoms with Crippen LogP contribution in [0.2, 0.25) is 0 Å². The second-order valence-electron chi connectivity index (χ2n) is 6.09. The van der Waals surface area contributed by atoms with Crippen LogP contribution in [0.4, 0.5) is 5.69 Å². The molecule has 0 aliphatic carbocycles. The van der Waals surface area contributed by atoms with Crippen molar-refractivity contribution >= 4 is 29.3 Å². The van der Waals surface area contributed by atoms with Crippen LogP contribution in [0.25, 0.3) is 0 Å². The molecular weight excluding hydrogens is 346 g/mol. The van der Waals surface area contributed by atoms with Crippen molar-refractivity contribution in [2.75, 3.05) is 17.7 Å². The van der Waals surface area contributed by atoms with Gasteiger partial charge in [0.2, 0.25) is 5.91 Å². The Hall–Kier alpha value is -2.27. The van der Waals surface area contributed by atoms with Gasteiger partial charge in [0, 0.05) is 11.4 Å². The smallest absolute Gasteiger partial charge is 0.338 e. The first-order valence-corrected chi connectivity index (χ1v) is 9.94. The molecular formula is C21H25NO3S. The summed E-state index contributed by atoms with van der Waals surface area (Å²) in [7, 11) is 0. The Kier molecular flexibility index (Phi) is 8.22. The minimum absolute atomic E-state index is 0.0552. The largest absolute Gasteiger partial charge is 0.462 e. The molecule has 4 nitrogen and oxygen atoms in total. The minimum atomic E-state index is -0.329. The number of hydrogen-bond donors (Lipinski definition) is 1. The fraction of sp³-hybridized carbons (Fsp3) is 0.333. The van der Waals surface area contributed by atoms with Crippen LogP contribution in [0, 0.1) is 6.92 Å². The standard InChI is InChI=1S/C21H25NO3S/c1-3-4-13-25-21(24)18-9-11-19(12-10-18)22-20(23)15-26-14-17-7-5-16(2)6-8-17/h5-12H,3-4,13-15H2,1-2H3,(H,22,23). The molecule has 2 aromatic rings. The number of unbranched alkanes of at least 4 members (excludes halogenated alkanes) is 1. The molecule has 5 heteroatoms. The molecule has 0 aliphatic rings. The lowest BCUT2D eigenvalue weighted by Gasteiger charge is -2.07. The zero-order valence-corrected chi connectivity index (χ0v) is 16.1. The van der Waals surface area contributed by atoms with E-state index in [1.165, 1.54) is 11.1 Å². The quantitative estimate of drug-likeness (QED) is 0.507. The topological polar surface area (TPSA) is 55.4 Å². The van der Waals surface area contributed by atoms with Gasteiger partial charge in [0.1, 0.15) is 0 Å². The first kappa shape index (κ1) is 20.0. The van der Waals surface area contributed by atoms with Crippen LogP contribution in [0.3, 0.4) is 0 Å². The second kappa shape index (κ2) is 10.7. The molecule has 1 amide bonds. The van der Waals surface area contributed by atoms with Crippen molar-refractivity contribution in [1.82, 2.24) is 0 Å². The number of anilines is 1. The van der Waals surface area contributed by atoms with E-state index in [1.807, 2.05) is 6.92 Å². The van der Waals surface area contributed by atoms with Gasteiger partial charge in [-0.1, -0.05) is 43.2 Å². The third kappa shape index (κ3) is 6.92. The predicted octanol–water partition coefficient (Wildman–Crippen LogP) is 4.82. The van der Waals surface area contributed by atoms with Gasteiger partial charge in [-0.3, -0.25) is 4.79 Å². The molecule has 0 radical (unpaired) electrons. The van der Waals surface area contributed by atoms with Crippen LogP contribution in [0.5, 0.6) is 0 Å². The molecule has 2 aromatic carbocycles. The molecule has 138 valence electrons. The van der Waals surface area contributed by atoms with Gasteiger partial charge in [0.25, 0.3) is 0 Å². The van der Waals surface area contributed by atoms with E-state index in [-0.39, 0.29) is 11.9 Å². The summed E-state index contributed by atoms with van der Waals surface area (Å²) in [6.07, 6.45) is 1.85. The van der Waals surface area contributed by atoms with Gasteiger partial charge in [-0.2, -0.15) is 0 Å². The van der Waals surface area contributed by atoms with E-state index in [0.29, 0.717) is 23.6 Å². The number of ether oxygens (including phenoxy) is 1. The lowest BCUT2D eigenvalue weighted by atomic mass is 10.2. The number of hydrogen-bond acceptors (Lipinski definition) is 4. The number of esters is 1. The highest BCUT2D eigenvalue weighted by Crippen LogP contribution is 2.15. The van der Waals surface area contributed by atoms with E-state index in [1.54, 1.807) is 36.0 Å². The number of carbonyl (C=O) groups is 2. The molecule has 2 rings (SSSR count). The lowest BCUT2D eigenvalue weighted by Crippen LogP contribution is -2.14. The van der Waals surface area contributed by atoms with E-state index >= 15 is 0 Å². The SMILES string of the molecule is CCCCOC(=O)c1ccc(NC(=O)CSCc2ccc(C)cc2)cc1. The van der Waals surface area contributed by atoms with Crippen LogP contribution in [0.1, 0.15) is 41.3 Å². The molecule has 1 N–H and O–H groups in total. The monoisotopic (exact) mass is 371 g/mol. The Morgan fingerprint density at radius 2 is 1.73 bits per heavy atom. The molecule has 0 unspecified atom stereocenters. The van der Waals surface area contributed by atoms with Gasteiger partial charge >= 0.3 is 5.97 Å². The zero-order chi connectivity index (χ0) is 18.8. The van der Waals surface area contributed by atoms with Gasteiger partial charge in [0.05, 0.1) is 17.9 Å². The van der Waals surface area contributed by atoms with Crippen molar-refractivity contribution < 1.29 is 14.3 Å². The third-order valence-electron chi connectivity index (χ3n) is 3.76. The van der Waals surface area contributed by atoms with E-state index in [4.69, 9.17) is 4.74 Å². The van der Waals surface area contributed by atoms with E-state index in [9.17, 15) is 9.59 Å². The number of nitrogens with one attached hydrogen (secondary N) is 1. The molecule has 0 bridgehead atoms. The van der Waals surface area contributed by atoms with E-state index < -0.39 is 0 Å². The van der Waals surface area contributed by atoms with E-state index in [2.05, 4.69) is 36.5 Å². The third-order valence-corrected chi connectivity index (χ3v) is 4.76. The average molecular weight is 372 g/mol. The van der Waals surface area contributed by atoms with Crippen molar-refractivity contribution in [3.8, 4) is 0 Å². The Bertz CT molecular complexity index is 711. The average Bonchev–Trinajstić information content (AvgIpc) is 2.64. The van der Waals surface area contributed by atoms with Crippen molar-refractivity contribution in [3.63, 3.8) is 0 Å². The van der Waals surface area contributed by atoms with Gasteiger partial charge in [-0.25, -0.2) is 4.79 Å². The summed E-state index contributed by atoms with van der Waals surface area (Å²) in [5, 5.41) is 2.84. The Morgan fingerprint density at radius 3 is 2.38 bits per heavy atom. The van der Waals surface area contributed by atoms with Crippen LogP contribution in [-0.4, -0.2) is 24.2 Å². The summed E-state index contributed by atoms with van der Waals surface area (Å²) < 4.78 is 5.16. The van der Waals surface area contributed by atoms with Gasteiger partial charge in [-0.05, 0) is 43.2 Å². The maximum absolute atomic E-state index is 12.0. The number of amides is 1. The zero-order valence-electron chi connectivity index (χ0n) is 15.3. The van der Waals surface area contributed by atoms with Crippen LogP contribution in [0.15, 0.2) is 48.5 Å². The summed E-state index contributed by atoms with van der Waals surface area (Å²) in [5.41, 5.74) is 3.61. The molecule has 0 aliphatic heterocycles. The van der Waals surface area contributed by atoms with Crippen molar-refractivity contribution in [2.24, 2.45) is 0 Å². The van der Waals surface area contributed by atoms with Gasteiger partial charge in [-0.15, -0.1) is 11.8 Å². The predicted molar refractivity (Wildman–Crippen MR) is 108 cm³/mol. The van der Waals surface area contributed by atoms with Crippen molar-refractivity contribution in [3.05, 3.63) is 65.2 Å². The summed E-state index contributed by atoms with van der Waals surface area (Å²) in [5.74, 6) is 0.802. The van der Waals surface area contributed by atoms with Gasteiger partial charge in [0.15, 0.2) is 0 Å². The Labute approximate surface area is 159 Å². The first-order chi connectivity index (χ1) is 12.6. The number of aryl methyl sites for hydroxylation is 1. The van der Waals surface area contributed by atoms with Crippen molar-refractivity contribution in [2.45, 2.75) is 32.4 Å². The molecule has 26 heavy (non-hydrogen) atoms. The van der Waals surface area contributed by atoms with E-state index in [0.717, 1.165) is 18.6 Å². The Balaban J connectivity index is 1.74. The first-order valence-electron chi connectivity index (χ1n) is 8.79. The summed E-state index contributed by atoms with van der Waals surface area (Å²) in [6, 6.07) is 15.1. The highest BCUT2D eigenvalue weighted by atomic mass is 32.2. The normalized spacial score (nSPS) is 10.4.